The summed E-state index contributed by atoms with van der Waals surface area (Å²) in [4.78, 5) is 52.0. The summed E-state index contributed by atoms with van der Waals surface area (Å²) in [5.41, 5.74) is 3.33. The Balaban J connectivity index is 1.40. The lowest BCUT2D eigenvalue weighted by molar-refractivity contribution is -0.116. The Kier molecular flexibility index (Phi) is 8.61. The highest BCUT2D eigenvalue weighted by Crippen LogP contribution is 2.36. The molecule has 12 nitrogen and oxygen atoms in total. The topological polar surface area (TPSA) is 152 Å². The van der Waals surface area contributed by atoms with Gasteiger partial charge in [-0.1, -0.05) is 18.5 Å². The minimum absolute atomic E-state index is 0.0112. The molecule has 0 radical (unpaired) electrons. The van der Waals surface area contributed by atoms with Gasteiger partial charge in [-0.2, -0.15) is 8.78 Å². The third-order valence-corrected chi connectivity index (χ3v) is 9.13. The highest BCUT2D eigenvalue weighted by atomic mass is 35.5. The molecule has 4 aromatic rings. The predicted octanol–water partition coefficient (Wildman–Crippen LogP) is 3.64. The van der Waals surface area contributed by atoms with E-state index in [-0.39, 0.29) is 28.3 Å². The number of pyridine rings is 1. The number of hydrogen-bond donors (Lipinski definition) is 3. The number of anilines is 2. The zero-order valence-electron chi connectivity index (χ0n) is 25.6. The van der Waals surface area contributed by atoms with E-state index in [0.29, 0.717) is 37.6 Å². The maximum Gasteiger partial charge on any atom is 0.263 e. The van der Waals surface area contributed by atoms with Crippen molar-refractivity contribution in [2.75, 3.05) is 36.4 Å². The number of likely N-dealkylation sites (N-methyl/N-ethyl adjacent to an activating group) is 1. The standard InChI is InChI=1S/C31H32ClF3N8O4/c1-3-40-8-9-42(15(2)12-40)21-11-19(24(32)28(35)38-21)37-22(44)14-41-13-18(16-10-17(29(36)46)27(45)26(34)25(16)33)23-30(41)39-20-6-4-5-7-43(20)31(23)47/h10-11,13,15,45H,3-9,12,14H2,1-2H3,(H2,36,46)(H,37,38,44). The van der Waals surface area contributed by atoms with Gasteiger partial charge < -0.3 is 25.6 Å². The van der Waals surface area contributed by atoms with Crippen LogP contribution in [-0.4, -0.2) is 73.1 Å². The van der Waals surface area contributed by atoms with Gasteiger partial charge in [-0.3, -0.25) is 23.9 Å². The third kappa shape index (κ3) is 5.78. The fourth-order valence-electron chi connectivity index (χ4n) is 6.34. The number of fused-ring (bicyclic) bond motifs is 2. The monoisotopic (exact) mass is 672 g/mol. The Morgan fingerprint density at radius 2 is 1.87 bits per heavy atom. The molecule has 0 bridgehead atoms. The van der Waals surface area contributed by atoms with Crippen molar-refractivity contribution in [3.63, 3.8) is 0 Å². The van der Waals surface area contributed by atoms with E-state index in [9.17, 15) is 28.3 Å². The van der Waals surface area contributed by atoms with Crippen molar-refractivity contribution in [2.24, 2.45) is 5.73 Å². The SMILES string of the molecule is CCN1CCN(c2cc(NC(=O)Cn3cc(-c4cc(C(N)=O)c(O)c(F)c4F)c4c(=O)n5c(nc43)CCCC5)c(Cl)c(F)n2)C(C)C1. The van der Waals surface area contributed by atoms with Gasteiger partial charge in [0.05, 0.1) is 16.6 Å². The van der Waals surface area contributed by atoms with E-state index in [2.05, 4.69) is 27.1 Å². The minimum Gasteiger partial charge on any atom is -0.504 e. The first-order chi connectivity index (χ1) is 22.4. The van der Waals surface area contributed by atoms with Crippen molar-refractivity contribution >= 4 is 46.0 Å². The number of nitrogens with two attached hydrogens (primary N) is 1. The quantitative estimate of drug-likeness (QED) is 0.252. The average Bonchev–Trinajstić information content (AvgIpc) is 3.39. The zero-order valence-corrected chi connectivity index (χ0v) is 26.4. The number of phenols is 1. The van der Waals surface area contributed by atoms with Gasteiger partial charge in [-0.15, -0.1) is 0 Å². The van der Waals surface area contributed by atoms with Crippen molar-refractivity contribution in [1.29, 1.82) is 0 Å². The van der Waals surface area contributed by atoms with Gasteiger partial charge >= 0.3 is 0 Å². The number of rotatable bonds is 7. The van der Waals surface area contributed by atoms with Crippen LogP contribution in [-0.2, 0) is 24.3 Å². The molecule has 1 aromatic carbocycles. The van der Waals surface area contributed by atoms with Gasteiger partial charge in [0.1, 0.15) is 28.9 Å². The van der Waals surface area contributed by atoms with E-state index >= 15 is 4.39 Å². The van der Waals surface area contributed by atoms with E-state index in [1.807, 2.05) is 11.8 Å². The molecular weight excluding hydrogens is 641 g/mol. The van der Waals surface area contributed by atoms with Crippen LogP contribution in [0.15, 0.2) is 23.1 Å². The Morgan fingerprint density at radius 1 is 1.11 bits per heavy atom. The lowest BCUT2D eigenvalue weighted by Crippen LogP contribution is -2.52. The Bertz CT molecular complexity index is 2000. The lowest BCUT2D eigenvalue weighted by Gasteiger charge is -2.40. The molecule has 1 fully saturated rings. The van der Waals surface area contributed by atoms with Gasteiger partial charge in [0.15, 0.2) is 11.6 Å². The number of carbonyl (C=O) groups is 2. The van der Waals surface area contributed by atoms with Crippen molar-refractivity contribution < 1.29 is 27.9 Å². The van der Waals surface area contributed by atoms with E-state index in [1.165, 1.54) is 21.4 Å². The fraction of sp³-hybridized carbons (Fsp3) is 0.387. The molecular formula is C31H32ClF3N8O4. The molecule has 1 unspecified atom stereocenters. The number of nitrogens with one attached hydrogen (secondary N) is 1. The first-order valence-electron chi connectivity index (χ1n) is 15.2. The molecule has 1 atom stereocenters. The van der Waals surface area contributed by atoms with Crippen LogP contribution in [0.2, 0.25) is 5.02 Å². The molecule has 0 saturated carbocycles. The number of hydrogen-bond acceptors (Lipinski definition) is 8. The molecule has 2 aliphatic rings. The number of nitrogens with zero attached hydrogens (tertiary/aromatic N) is 6. The molecule has 6 rings (SSSR count). The van der Waals surface area contributed by atoms with E-state index < -0.39 is 63.4 Å². The van der Waals surface area contributed by atoms with Crippen LogP contribution < -0.4 is 21.5 Å². The van der Waals surface area contributed by atoms with Crippen LogP contribution in [0.25, 0.3) is 22.2 Å². The Morgan fingerprint density at radius 3 is 2.57 bits per heavy atom. The molecule has 3 aromatic heterocycles. The van der Waals surface area contributed by atoms with Gasteiger partial charge in [0.2, 0.25) is 17.7 Å². The number of carbonyl (C=O) groups excluding carboxylic acids is 2. The average molecular weight is 673 g/mol. The molecule has 0 aliphatic carbocycles. The summed E-state index contributed by atoms with van der Waals surface area (Å²) in [6, 6.07) is 2.35. The molecule has 4 N–H and O–H groups in total. The maximum absolute atomic E-state index is 15.3. The summed E-state index contributed by atoms with van der Waals surface area (Å²) >= 11 is 6.22. The number of aryl methyl sites for hydroxylation is 1. The summed E-state index contributed by atoms with van der Waals surface area (Å²) in [6.45, 7) is 6.88. The van der Waals surface area contributed by atoms with Crippen LogP contribution in [0.5, 0.6) is 5.75 Å². The second-order valence-corrected chi connectivity index (χ2v) is 12.1. The number of aromatic hydroxyl groups is 1. The number of primary amides is 1. The summed E-state index contributed by atoms with van der Waals surface area (Å²) in [6.07, 6.45) is 3.18. The van der Waals surface area contributed by atoms with Gasteiger partial charge in [-0.25, -0.2) is 14.4 Å². The lowest BCUT2D eigenvalue weighted by atomic mass is 10.0. The second-order valence-electron chi connectivity index (χ2n) is 11.7. The number of amides is 2. The summed E-state index contributed by atoms with van der Waals surface area (Å²) in [7, 11) is 0. The van der Waals surface area contributed by atoms with Crippen LogP contribution in [0.3, 0.4) is 0 Å². The van der Waals surface area contributed by atoms with Crippen LogP contribution in [0.4, 0.5) is 24.7 Å². The van der Waals surface area contributed by atoms with E-state index in [0.717, 1.165) is 32.1 Å². The molecule has 2 aliphatic heterocycles. The molecule has 16 heteroatoms. The Labute approximate surface area is 271 Å². The van der Waals surface area contributed by atoms with E-state index in [4.69, 9.17) is 17.3 Å². The van der Waals surface area contributed by atoms with Crippen molar-refractivity contribution in [3.8, 4) is 16.9 Å². The number of piperazine rings is 1. The highest BCUT2D eigenvalue weighted by Gasteiger charge is 2.29. The van der Waals surface area contributed by atoms with E-state index in [1.54, 1.807) is 0 Å². The number of halogens is 4. The smallest absolute Gasteiger partial charge is 0.263 e. The zero-order chi connectivity index (χ0) is 33.7. The number of benzene rings is 1. The van der Waals surface area contributed by atoms with Crippen LogP contribution in [0.1, 0.15) is 42.9 Å². The first-order valence-corrected chi connectivity index (χ1v) is 15.6. The third-order valence-electron chi connectivity index (χ3n) is 8.77. The van der Waals surface area contributed by atoms with Crippen LogP contribution >= 0.6 is 11.6 Å². The fourth-order valence-corrected chi connectivity index (χ4v) is 6.48. The minimum atomic E-state index is -1.73. The molecule has 248 valence electrons. The molecule has 5 heterocycles. The second kappa shape index (κ2) is 12.5. The van der Waals surface area contributed by atoms with Crippen molar-refractivity contribution in [2.45, 2.75) is 52.2 Å². The predicted molar refractivity (Wildman–Crippen MR) is 169 cm³/mol. The maximum atomic E-state index is 15.3. The molecule has 47 heavy (non-hydrogen) atoms. The van der Waals surface area contributed by atoms with Gasteiger partial charge in [0, 0.05) is 62.0 Å². The summed E-state index contributed by atoms with van der Waals surface area (Å²) in [5, 5.41) is 12.1. The molecule has 0 spiro atoms. The summed E-state index contributed by atoms with van der Waals surface area (Å²) in [5.74, 6) is -6.64. The summed E-state index contributed by atoms with van der Waals surface area (Å²) < 4.78 is 47.7. The van der Waals surface area contributed by atoms with Crippen LogP contribution in [0, 0.1) is 17.6 Å². The van der Waals surface area contributed by atoms with Gasteiger partial charge in [-0.05, 0) is 32.4 Å². The molecule has 1 saturated heterocycles. The largest absolute Gasteiger partial charge is 0.504 e. The number of aromatic nitrogens is 4. The van der Waals surface area contributed by atoms with Crippen molar-refractivity contribution in [3.05, 3.63) is 62.7 Å². The highest BCUT2D eigenvalue weighted by molar-refractivity contribution is 6.33. The van der Waals surface area contributed by atoms with Crippen molar-refractivity contribution in [1.82, 2.24) is 24.0 Å². The van der Waals surface area contributed by atoms with Gasteiger partial charge in [0.25, 0.3) is 11.5 Å². The first kappa shape index (κ1) is 32.3. The molecule has 2 amide bonds. The Hall–Kier alpha value is -4.63. The normalized spacial score (nSPS) is 16.8.